The maximum absolute atomic E-state index is 9.44. The van der Waals surface area contributed by atoms with Crippen molar-refractivity contribution in [2.75, 3.05) is 0 Å². The highest BCUT2D eigenvalue weighted by atomic mass is 35.5. The van der Waals surface area contributed by atoms with Crippen molar-refractivity contribution in [3.63, 3.8) is 0 Å². The Balaban J connectivity index is 1.82. The van der Waals surface area contributed by atoms with Gasteiger partial charge in [-0.1, -0.05) is 41.0 Å². The Bertz CT molecular complexity index is 723. The predicted octanol–water partition coefficient (Wildman–Crippen LogP) is 3.69. The summed E-state index contributed by atoms with van der Waals surface area (Å²) in [5.41, 5.74) is 1.76. The second kappa shape index (κ2) is 5.35. The Kier molecular flexibility index (Phi) is 3.39. The molecule has 1 heterocycles. The zero-order valence-electron chi connectivity index (χ0n) is 10.5. The van der Waals surface area contributed by atoms with Crippen LogP contribution in [-0.4, -0.2) is 15.2 Å². The summed E-state index contributed by atoms with van der Waals surface area (Å²) in [5.74, 6) is 1.15. The lowest BCUT2D eigenvalue weighted by molar-refractivity contribution is 0.385. The van der Waals surface area contributed by atoms with Crippen LogP contribution in [0.25, 0.3) is 11.4 Å². The smallest absolute Gasteiger partial charge is 0.231 e. The van der Waals surface area contributed by atoms with Crippen LogP contribution in [0, 0.1) is 0 Å². The van der Waals surface area contributed by atoms with E-state index in [0.717, 1.165) is 11.1 Å². The molecule has 0 unspecified atom stereocenters. The van der Waals surface area contributed by atoms with E-state index in [-0.39, 0.29) is 5.75 Å². The molecule has 0 aliphatic rings. The van der Waals surface area contributed by atoms with Crippen LogP contribution < -0.4 is 0 Å². The summed E-state index contributed by atoms with van der Waals surface area (Å²) in [4.78, 5) is 4.32. The summed E-state index contributed by atoms with van der Waals surface area (Å²) < 4.78 is 5.22. The lowest BCUT2D eigenvalue weighted by Crippen LogP contribution is -1.88. The molecule has 100 valence electrons. The molecule has 5 heteroatoms. The molecule has 0 radical (unpaired) electrons. The Hall–Kier alpha value is -2.33. The summed E-state index contributed by atoms with van der Waals surface area (Å²) in [6.45, 7) is 0. The van der Waals surface area contributed by atoms with Gasteiger partial charge in [-0.25, -0.2) is 0 Å². The molecule has 0 fully saturated rings. The van der Waals surface area contributed by atoms with E-state index in [0.29, 0.717) is 23.2 Å². The minimum absolute atomic E-state index is 0.173. The minimum atomic E-state index is 0.173. The average Bonchev–Trinajstić information content (AvgIpc) is 2.90. The number of nitrogens with zero attached hydrogens (tertiary/aromatic N) is 2. The first-order chi connectivity index (χ1) is 9.70. The van der Waals surface area contributed by atoms with Gasteiger partial charge in [0, 0.05) is 10.6 Å². The van der Waals surface area contributed by atoms with Crippen LogP contribution in [0.15, 0.2) is 53.1 Å². The molecule has 3 rings (SSSR count). The number of hydrogen-bond acceptors (Lipinski definition) is 4. The first-order valence-corrected chi connectivity index (χ1v) is 6.45. The number of aromatic nitrogens is 2. The van der Waals surface area contributed by atoms with Gasteiger partial charge in [-0.3, -0.25) is 0 Å². The fraction of sp³-hybridized carbons (Fsp3) is 0.0667. The molecule has 0 bridgehead atoms. The van der Waals surface area contributed by atoms with Crippen molar-refractivity contribution in [3.05, 3.63) is 65.0 Å². The molecule has 20 heavy (non-hydrogen) atoms. The molecule has 0 aliphatic carbocycles. The average molecular weight is 287 g/mol. The van der Waals surface area contributed by atoms with Gasteiger partial charge in [-0.2, -0.15) is 4.98 Å². The Morgan fingerprint density at radius 3 is 2.65 bits per heavy atom. The number of phenolic OH excluding ortho intramolecular Hbond substituents is 1. The van der Waals surface area contributed by atoms with E-state index in [4.69, 9.17) is 16.1 Å². The normalized spacial score (nSPS) is 10.7. The molecule has 1 aromatic heterocycles. The maximum Gasteiger partial charge on any atom is 0.231 e. The molecule has 1 N–H and O–H groups in total. The van der Waals surface area contributed by atoms with Gasteiger partial charge in [-0.05, 0) is 29.8 Å². The first-order valence-electron chi connectivity index (χ1n) is 6.07. The summed E-state index contributed by atoms with van der Waals surface area (Å²) >= 11 is 5.84. The number of rotatable bonds is 3. The van der Waals surface area contributed by atoms with Crippen LogP contribution >= 0.6 is 11.6 Å². The topological polar surface area (TPSA) is 59.2 Å². The quantitative estimate of drug-likeness (QED) is 0.798. The van der Waals surface area contributed by atoms with Gasteiger partial charge in [0.2, 0.25) is 11.7 Å². The second-order valence-corrected chi connectivity index (χ2v) is 4.80. The molecule has 0 spiro atoms. The molecule has 0 aliphatic heterocycles. The molecular weight excluding hydrogens is 276 g/mol. The molecule has 0 amide bonds. The van der Waals surface area contributed by atoms with Crippen LogP contribution in [0.2, 0.25) is 5.02 Å². The summed E-state index contributed by atoms with van der Waals surface area (Å²) in [6.07, 6.45) is 0.545. The standard InChI is InChI=1S/C15H11ClN2O2/c16-12-6-4-10(5-7-12)8-14-17-15(18-20-14)11-2-1-3-13(19)9-11/h1-7,9,19H,8H2. The highest BCUT2D eigenvalue weighted by Crippen LogP contribution is 2.21. The lowest BCUT2D eigenvalue weighted by atomic mass is 10.1. The third-order valence-corrected chi connectivity index (χ3v) is 3.09. The Morgan fingerprint density at radius 2 is 1.90 bits per heavy atom. The zero-order valence-corrected chi connectivity index (χ0v) is 11.2. The van der Waals surface area contributed by atoms with Gasteiger partial charge in [0.25, 0.3) is 0 Å². The van der Waals surface area contributed by atoms with Crippen LogP contribution in [0.1, 0.15) is 11.5 Å². The van der Waals surface area contributed by atoms with Crippen molar-refractivity contribution in [1.82, 2.24) is 10.1 Å². The monoisotopic (exact) mass is 286 g/mol. The molecule has 0 saturated carbocycles. The highest BCUT2D eigenvalue weighted by Gasteiger charge is 2.09. The number of halogens is 1. The van der Waals surface area contributed by atoms with E-state index in [1.54, 1.807) is 18.2 Å². The summed E-state index contributed by atoms with van der Waals surface area (Å²) in [7, 11) is 0. The number of hydrogen-bond donors (Lipinski definition) is 1. The molecule has 2 aromatic carbocycles. The van der Waals surface area contributed by atoms with E-state index >= 15 is 0 Å². The van der Waals surface area contributed by atoms with Gasteiger partial charge >= 0.3 is 0 Å². The van der Waals surface area contributed by atoms with E-state index in [1.165, 1.54) is 0 Å². The van der Waals surface area contributed by atoms with E-state index in [2.05, 4.69) is 10.1 Å². The Labute approximate surface area is 120 Å². The lowest BCUT2D eigenvalue weighted by Gasteiger charge is -1.96. The van der Waals surface area contributed by atoms with Crippen molar-refractivity contribution >= 4 is 11.6 Å². The second-order valence-electron chi connectivity index (χ2n) is 4.37. The van der Waals surface area contributed by atoms with Crippen molar-refractivity contribution in [2.45, 2.75) is 6.42 Å². The largest absolute Gasteiger partial charge is 0.508 e. The van der Waals surface area contributed by atoms with E-state index in [1.807, 2.05) is 30.3 Å². The first kappa shape index (κ1) is 12.7. The van der Waals surface area contributed by atoms with Crippen LogP contribution in [0.4, 0.5) is 0 Å². The minimum Gasteiger partial charge on any atom is -0.508 e. The number of phenols is 1. The van der Waals surface area contributed by atoms with Crippen LogP contribution in [0.5, 0.6) is 5.75 Å². The van der Waals surface area contributed by atoms with Gasteiger partial charge in [0.05, 0.1) is 6.42 Å². The number of aromatic hydroxyl groups is 1. The van der Waals surface area contributed by atoms with Gasteiger partial charge < -0.3 is 9.63 Å². The molecule has 3 aromatic rings. The van der Waals surface area contributed by atoms with Gasteiger partial charge in [0.1, 0.15) is 5.75 Å². The van der Waals surface area contributed by atoms with Crippen LogP contribution in [-0.2, 0) is 6.42 Å². The summed E-state index contributed by atoms with van der Waals surface area (Å²) in [5, 5.41) is 14.1. The summed E-state index contributed by atoms with van der Waals surface area (Å²) in [6, 6.07) is 14.2. The number of benzene rings is 2. The van der Waals surface area contributed by atoms with Crippen molar-refractivity contribution < 1.29 is 9.63 Å². The predicted molar refractivity (Wildman–Crippen MR) is 75.7 cm³/mol. The maximum atomic E-state index is 9.44. The van der Waals surface area contributed by atoms with E-state index in [9.17, 15) is 5.11 Å². The van der Waals surface area contributed by atoms with Gasteiger partial charge in [0.15, 0.2) is 0 Å². The molecule has 0 atom stereocenters. The van der Waals surface area contributed by atoms with Gasteiger partial charge in [-0.15, -0.1) is 0 Å². The van der Waals surface area contributed by atoms with Crippen molar-refractivity contribution in [1.29, 1.82) is 0 Å². The molecular formula is C15H11ClN2O2. The van der Waals surface area contributed by atoms with Crippen molar-refractivity contribution in [2.24, 2.45) is 0 Å². The third-order valence-electron chi connectivity index (χ3n) is 2.84. The fourth-order valence-electron chi connectivity index (χ4n) is 1.87. The third kappa shape index (κ3) is 2.81. The van der Waals surface area contributed by atoms with Crippen LogP contribution in [0.3, 0.4) is 0 Å². The molecule has 0 saturated heterocycles. The zero-order chi connectivity index (χ0) is 13.9. The molecule has 4 nitrogen and oxygen atoms in total. The SMILES string of the molecule is Oc1cccc(-c2noc(Cc3ccc(Cl)cc3)n2)c1. The highest BCUT2D eigenvalue weighted by molar-refractivity contribution is 6.30. The Morgan fingerprint density at radius 1 is 1.10 bits per heavy atom. The van der Waals surface area contributed by atoms with Crippen molar-refractivity contribution in [3.8, 4) is 17.1 Å². The van der Waals surface area contributed by atoms with E-state index < -0.39 is 0 Å². The fourth-order valence-corrected chi connectivity index (χ4v) is 1.99.